The number of nitrogens with one attached hydrogen (secondary N) is 3. The van der Waals surface area contributed by atoms with Crippen molar-refractivity contribution in [3.05, 3.63) is 59.7 Å². The molecule has 1 atom stereocenters. The van der Waals surface area contributed by atoms with Crippen molar-refractivity contribution in [3.63, 3.8) is 0 Å². The summed E-state index contributed by atoms with van der Waals surface area (Å²) in [5.41, 5.74) is 3.28. The van der Waals surface area contributed by atoms with Crippen molar-refractivity contribution in [2.75, 3.05) is 45.7 Å². The molecule has 1 unspecified atom stereocenters. The Labute approximate surface area is 214 Å². The zero-order chi connectivity index (χ0) is 22.8. The molecule has 1 heterocycles. The highest BCUT2D eigenvalue weighted by Crippen LogP contribution is 2.27. The van der Waals surface area contributed by atoms with E-state index in [1.165, 1.54) is 30.9 Å². The van der Waals surface area contributed by atoms with Crippen LogP contribution >= 0.6 is 24.0 Å². The van der Waals surface area contributed by atoms with E-state index in [0.717, 1.165) is 50.0 Å². The van der Waals surface area contributed by atoms with Gasteiger partial charge in [-0.05, 0) is 67.7 Å². The SMILES string of the molecule is CN=C(NCCc1ccc(NC(C)=O)cc1)NCC(c1cccc(OC)c1)N1CCCC1.I. The molecule has 0 spiro atoms. The zero-order valence-corrected chi connectivity index (χ0v) is 22.1. The van der Waals surface area contributed by atoms with E-state index >= 15 is 0 Å². The number of carbonyl (C=O) groups excluding carboxylic acids is 1. The van der Waals surface area contributed by atoms with Gasteiger partial charge in [-0.25, -0.2) is 0 Å². The molecule has 1 amide bonds. The first-order chi connectivity index (χ1) is 15.6. The first-order valence-electron chi connectivity index (χ1n) is 11.3. The van der Waals surface area contributed by atoms with Crippen molar-refractivity contribution < 1.29 is 9.53 Å². The Kier molecular flexibility index (Phi) is 11.5. The summed E-state index contributed by atoms with van der Waals surface area (Å²) in [7, 11) is 3.51. The van der Waals surface area contributed by atoms with Crippen LogP contribution in [0.3, 0.4) is 0 Å². The fourth-order valence-electron chi connectivity index (χ4n) is 4.06. The quantitative estimate of drug-likeness (QED) is 0.245. The van der Waals surface area contributed by atoms with Crippen molar-refractivity contribution in [2.24, 2.45) is 4.99 Å². The second-order valence-electron chi connectivity index (χ2n) is 8.04. The van der Waals surface area contributed by atoms with E-state index < -0.39 is 0 Å². The summed E-state index contributed by atoms with van der Waals surface area (Å²) < 4.78 is 5.44. The van der Waals surface area contributed by atoms with E-state index in [1.807, 2.05) is 30.3 Å². The summed E-state index contributed by atoms with van der Waals surface area (Å²) >= 11 is 0. The van der Waals surface area contributed by atoms with Crippen LogP contribution in [0.25, 0.3) is 0 Å². The number of methoxy groups -OCH3 is 1. The number of nitrogens with zero attached hydrogens (tertiary/aromatic N) is 2. The Balaban J connectivity index is 0.00000385. The minimum Gasteiger partial charge on any atom is -0.497 e. The van der Waals surface area contributed by atoms with E-state index in [2.05, 4.69) is 44.0 Å². The van der Waals surface area contributed by atoms with Gasteiger partial charge in [-0.15, -0.1) is 24.0 Å². The predicted octanol–water partition coefficient (Wildman–Crippen LogP) is 3.82. The Morgan fingerprint density at radius 3 is 2.48 bits per heavy atom. The number of guanidine groups is 1. The first kappa shape index (κ1) is 26.9. The van der Waals surface area contributed by atoms with Crippen LogP contribution in [0.2, 0.25) is 0 Å². The van der Waals surface area contributed by atoms with Crippen molar-refractivity contribution >= 4 is 41.5 Å². The highest BCUT2D eigenvalue weighted by molar-refractivity contribution is 14.0. The molecule has 3 N–H and O–H groups in total. The molecular formula is C25H36IN5O2. The normalized spacial score (nSPS) is 14.8. The van der Waals surface area contributed by atoms with Gasteiger partial charge in [-0.3, -0.25) is 14.7 Å². The fourth-order valence-corrected chi connectivity index (χ4v) is 4.06. The molecule has 2 aromatic rings. The molecule has 33 heavy (non-hydrogen) atoms. The minimum atomic E-state index is -0.0597. The lowest BCUT2D eigenvalue weighted by molar-refractivity contribution is -0.114. The van der Waals surface area contributed by atoms with Crippen LogP contribution in [0.5, 0.6) is 5.75 Å². The van der Waals surface area contributed by atoms with Crippen LogP contribution in [-0.2, 0) is 11.2 Å². The number of aliphatic imine (C=N–C) groups is 1. The molecule has 2 aromatic carbocycles. The average molecular weight is 566 g/mol. The van der Waals surface area contributed by atoms with Crippen molar-refractivity contribution in [1.82, 2.24) is 15.5 Å². The lowest BCUT2D eigenvalue weighted by atomic mass is 10.1. The number of amides is 1. The number of halogens is 1. The van der Waals surface area contributed by atoms with Crippen LogP contribution < -0.4 is 20.7 Å². The van der Waals surface area contributed by atoms with Gasteiger partial charge < -0.3 is 20.7 Å². The fraction of sp³-hybridized carbons (Fsp3) is 0.440. The smallest absolute Gasteiger partial charge is 0.221 e. The van der Waals surface area contributed by atoms with Crippen LogP contribution in [0.4, 0.5) is 5.69 Å². The summed E-state index contributed by atoms with van der Waals surface area (Å²) in [6, 6.07) is 16.6. The van der Waals surface area contributed by atoms with Gasteiger partial charge in [0.25, 0.3) is 0 Å². The number of benzene rings is 2. The van der Waals surface area contributed by atoms with Gasteiger partial charge in [0.1, 0.15) is 5.75 Å². The van der Waals surface area contributed by atoms with Gasteiger partial charge in [-0.2, -0.15) is 0 Å². The third kappa shape index (κ3) is 8.51. The van der Waals surface area contributed by atoms with Gasteiger partial charge in [0, 0.05) is 32.7 Å². The molecule has 3 rings (SSSR count). The lowest BCUT2D eigenvalue weighted by Gasteiger charge is -2.29. The summed E-state index contributed by atoms with van der Waals surface area (Å²) in [5.74, 6) is 1.63. The molecule has 0 aromatic heterocycles. The summed E-state index contributed by atoms with van der Waals surface area (Å²) in [4.78, 5) is 18.1. The monoisotopic (exact) mass is 565 g/mol. The second kappa shape index (κ2) is 14.0. The second-order valence-corrected chi connectivity index (χ2v) is 8.04. The average Bonchev–Trinajstić information content (AvgIpc) is 3.33. The van der Waals surface area contributed by atoms with Crippen molar-refractivity contribution in [3.8, 4) is 5.75 Å². The molecule has 0 saturated carbocycles. The highest BCUT2D eigenvalue weighted by Gasteiger charge is 2.24. The maximum atomic E-state index is 11.1. The van der Waals surface area contributed by atoms with Crippen LogP contribution in [-0.4, -0.2) is 57.1 Å². The van der Waals surface area contributed by atoms with E-state index in [0.29, 0.717) is 0 Å². The Hall–Kier alpha value is -2.33. The number of hydrogen-bond donors (Lipinski definition) is 3. The van der Waals surface area contributed by atoms with E-state index in [4.69, 9.17) is 4.74 Å². The molecule has 1 aliphatic rings. The van der Waals surface area contributed by atoms with Crippen molar-refractivity contribution in [1.29, 1.82) is 0 Å². The van der Waals surface area contributed by atoms with E-state index in [1.54, 1.807) is 14.2 Å². The van der Waals surface area contributed by atoms with Crippen molar-refractivity contribution in [2.45, 2.75) is 32.2 Å². The molecule has 7 nitrogen and oxygen atoms in total. The van der Waals surface area contributed by atoms with Gasteiger partial charge in [-0.1, -0.05) is 24.3 Å². The Bertz CT molecular complexity index is 898. The predicted molar refractivity (Wildman–Crippen MR) is 146 cm³/mol. The third-order valence-corrected chi connectivity index (χ3v) is 5.73. The number of likely N-dealkylation sites (tertiary alicyclic amines) is 1. The molecule has 8 heteroatoms. The molecule has 1 aliphatic heterocycles. The Morgan fingerprint density at radius 2 is 1.85 bits per heavy atom. The maximum Gasteiger partial charge on any atom is 0.221 e. The highest BCUT2D eigenvalue weighted by atomic mass is 127. The molecule has 180 valence electrons. The van der Waals surface area contributed by atoms with Gasteiger partial charge in [0.05, 0.1) is 13.2 Å². The Morgan fingerprint density at radius 1 is 1.12 bits per heavy atom. The first-order valence-corrected chi connectivity index (χ1v) is 11.3. The summed E-state index contributed by atoms with van der Waals surface area (Å²) in [6.45, 7) is 5.29. The third-order valence-electron chi connectivity index (χ3n) is 5.73. The van der Waals surface area contributed by atoms with E-state index in [-0.39, 0.29) is 35.9 Å². The molecule has 0 radical (unpaired) electrons. The van der Waals surface area contributed by atoms with Gasteiger partial charge in [0.2, 0.25) is 5.91 Å². The van der Waals surface area contributed by atoms with E-state index in [9.17, 15) is 4.79 Å². The van der Waals surface area contributed by atoms with Crippen LogP contribution in [0, 0.1) is 0 Å². The van der Waals surface area contributed by atoms with Gasteiger partial charge >= 0.3 is 0 Å². The lowest BCUT2D eigenvalue weighted by Crippen LogP contribution is -2.43. The van der Waals surface area contributed by atoms with Crippen LogP contribution in [0.15, 0.2) is 53.5 Å². The number of anilines is 1. The molecule has 0 aliphatic carbocycles. The number of hydrogen-bond acceptors (Lipinski definition) is 4. The number of rotatable bonds is 9. The minimum absolute atomic E-state index is 0. The summed E-state index contributed by atoms with van der Waals surface area (Å²) in [6.07, 6.45) is 3.36. The number of carbonyl (C=O) groups is 1. The molecular weight excluding hydrogens is 529 g/mol. The molecule has 1 fully saturated rings. The number of ether oxygens (including phenoxy) is 1. The topological polar surface area (TPSA) is 78.0 Å². The van der Waals surface area contributed by atoms with Gasteiger partial charge in [0.15, 0.2) is 5.96 Å². The molecule has 0 bridgehead atoms. The standard InChI is InChI=1S/C25H35N5O2.HI/c1-19(31)29-22-11-9-20(10-12-22)13-14-27-25(26-2)28-18-24(30-15-4-5-16-30)21-7-6-8-23(17-21)32-3;/h6-12,17,24H,4-5,13-16,18H2,1-3H3,(H,29,31)(H2,26,27,28);1H. The summed E-state index contributed by atoms with van der Waals surface area (Å²) in [5, 5.41) is 9.71. The largest absolute Gasteiger partial charge is 0.497 e. The maximum absolute atomic E-state index is 11.1. The zero-order valence-electron chi connectivity index (χ0n) is 19.8. The van der Waals surface area contributed by atoms with Crippen LogP contribution in [0.1, 0.15) is 36.9 Å². The molecule has 1 saturated heterocycles.